The van der Waals surface area contributed by atoms with Crippen molar-refractivity contribution in [1.29, 1.82) is 0 Å². The lowest BCUT2D eigenvalue weighted by Crippen LogP contribution is -2.58. The van der Waals surface area contributed by atoms with E-state index >= 15 is 0 Å². The van der Waals surface area contributed by atoms with Crippen molar-refractivity contribution in [2.75, 3.05) is 13.1 Å². The molecule has 0 saturated heterocycles. The monoisotopic (exact) mass is 502 g/mol. The number of carbonyl (C=O) groups is 5. The van der Waals surface area contributed by atoms with Crippen LogP contribution in [0.1, 0.15) is 65.2 Å². The van der Waals surface area contributed by atoms with Gasteiger partial charge in [0.05, 0.1) is 12.5 Å². The lowest BCUT2D eigenvalue weighted by molar-refractivity contribution is -0.144. The highest BCUT2D eigenvalue weighted by Crippen LogP contribution is 2.10. The molecule has 0 rings (SSSR count). The van der Waals surface area contributed by atoms with Crippen molar-refractivity contribution in [2.24, 2.45) is 23.1 Å². The molecule has 11 N–H and O–H groups in total. The summed E-state index contributed by atoms with van der Waals surface area (Å²) in [6, 6.07) is -4.75. The van der Waals surface area contributed by atoms with E-state index in [-0.39, 0.29) is 6.42 Å². The van der Waals surface area contributed by atoms with E-state index in [9.17, 15) is 34.2 Å². The number of hydrogen-bond acceptors (Lipinski definition) is 8. The van der Waals surface area contributed by atoms with E-state index in [0.717, 1.165) is 0 Å². The van der Waals surface area contributed by atoms with Gasteiger partial charge in [0.15, 0.2) is 0 Å². The SMILES string of the molecule is CCC(C)C(NC(=O)C(CC(=O)O)NC(=O)C(CCCCN)NC(=O)C(N)CCCCN)C(=O)O. The highest BCUT2D eigenvalue weighted by atomic mass is 16.4. The molecule has 0 fully saturated rings. The normalized spacial score (nSPS) is 15.2. The van der Waals surface area contributed by atoms with E-state index in [4.69, 9.17) is 17.2 Å². The number of aliphatic carboxylic acids is 2. The first-order chi connectivity index (χ1) is 16.5. The van der Waals surface area contributed by atoms with Gasteiger partial charge in [0.25, 0.3) is 0 Å². The Hall–Kier alpha value is -2.77. The number of carboxylic acids is 2. The summed E-state index contributed by atoms with van der Waals surface area (Å²) in [5.74, 6) is -5.35. The first-order valence-electron chi connectivity index (χ1n) is 12.0. The number of nitrogens with two attached hydrogens (primary N) is 3. The lowest BCUT2D eigenvalue weighted by atomic mass is 9.98. The van der Waals surface area contributed by atoms with Gasteiger partial charge in [-0.05, 0) is 51.1 Å². The predicted octanol–water partition coefficient (Wildman–Crippen LogP) is -1.37. The Morgan fingerprint density at radius 2 is 1.29 bits per heavy atom. The first-order valence-corrected chi connectivity index (χ1v) is 12.0. The molecule has 0 spiro atoms. The zero-order valence-corrected chi connectivity index (χ0v) is 20.6. The van der Waals surface area contributed by atoms with Crippen LogP contribution in [0.15, 0.2) is 0 Å². The molecule has 0 heterocycles. The number of unbranched alkanes of at least 4 members (excludes halogenated alkanes) is 2. The Balaban J connectivity index is 5.50. The minimum atomic E-state index is -1.54. The third kappa shape index (κ3) is 13.0. The van der Waals surface area contributed by atoms with E-state index in [1.165, 1.54) is 0 Å². The van der Waals surface area contributed by atoms with Crippen LogP contribution in [0, 0.1) is 5.92 Å². The van der Waals surface area contributed by atoms with E-state index in [1.54, 1.807) is 13.8 Å². The summed E-state index contributed by atoms with van der Waals surface area (Å²) in [7, 11) is 0. The van der Waals surface area contributed by atoms with E-state index in [1.807, 2.05) is 0 Å². The van der Waals surface area contributed by atoms with Crippen molar-refractivity contribution in [3.63, 3.8) is 0 Å². The number of carboxylic acid groups (broad SMARTS) is 2. The van der Waals surface area contributed by atoms with Gasteiger partial charge in [-0.15, -0.1) is 0 Å². The van der Waals surface area contributed by atoms with Crippen LogP contribution in [0.2, 0.25) is 0 Å². The Morgan fingerprint density at radius 1 is 0.771 bits per heavy atom. The zero-order chi connectivity index (χ0) is 27.0. The van der Waals surface area contributed by atoms with Gasteiger partial charge in [-0.2, -0.15) is 0 Å². The molecule has 5 unspecified atom stereocenters. The molecule has 0 bridgehead atoms. The smallest absolute Gasteiger partial charge is 0.326 e. The molecular formula is C22H42N6O7. The van der Waals surface area contributed by atoms with E-state index in [2.05, 4.69) is 16.0 Å². The molecule has 5 atom stereocenters. The molecule has 0 aromatic rings. The molecule has 0 aliphatic carbocycles. The number of hydrogen-bond donors (Lipinski definition) is 8. The molecule has 0 radical (unpaired) electrons. The highest BCUT2D eigenvalue weighted by molar-refractivity contribution is 5.95. The summed E-state index contributed by atoms with van der Waals surface area (Å²) in [5.41, 5.74) is 16.8. The molecule has 0 aliphatic rings. The van der Waals surface area contributed by atoms with Gasteiger partial charge < -0.3 is 43.4 Å². The molecule has 3 amide bonds. The molecule has 0 aromatic carbocycles. The van der Waals surface area contributed by atoms with Crippen LogP contribution in [0.4, 0.5) is 0 Å². The van der Waals surface area contributed by atoms with Gasteiger partial charge in [0.1, 0.15) is 18.1 Å². The van der Waals surface area contributed by atoms with Crippen molar-refractivity contribution < 1.29 is 34.2 Å². The van der Waals surface area contributed by atoms with E-state index in [0.29, 0.717) is 51.6 Å². The van der Waals surface area contributed by atoms with E-state index < -0.39 is 66.2 Å². The Morgan fingerprint density at radius 3 is 1.77 bits per heavy atom. The van der Waals surface area contributed by atoms with Crippen LogP contribution in [-0.2, 0) is 24.0 Å². The third-order valence-corrected chi connectivity index (χ3v) is 5.67. The van der Waals surface area contributed by atoms with Crippen molar-refractivity contribution >= 4 is 29.7 Å². The fourth-order valence-electron chi connectivity index (χ4n) is 3.27. The maximum absolute atomic E-state index is 13.0. The standard InChI is InChI=1S/C22H42N6O7/c1-3-13(2)18(22(34)35)28-21(33)16(12-17(29)30)27-20(32)15(9-5-7-11-24)26-19(31)14(25)8-4-6-10-23/h13-16,18H,3-12,23-25H2,1-2H3,(H,26,31)(H,27,32)(H,28,33)(H,29,30)(H,34,35). The summed E-state index contributed by atoms with van der Waals surface area (Å²) in [6.45, 7) is 4.21. The number of rotatable bonds is 19. The fraction of sp³-hybridized carbons (Fsp3) is 0.773. The summed E-state index contributed by atoms with van der Waals surface area (Å²) in [5, 5.41) is 25.8. The van der Waals surface area contributed by atoms with Crippen LogP contribution in [0.5, 0.6) is 0 Å². The number of nitrogens with one attached hydrogen (secondary N) is 3. The van der Waals surface area contributed by atoms with Gasteiger partial charge in [-0.3, -0.25) is 19.2 Å². The maximum Gasteiger partial charge on any atom is 0.326 e. The van der Waals surface area contributed by atoms with Gasteiger partial charge in [0.2, 0.25) is 17.7 Å². The Labute approximate surface area is 205 Å². The molecule has 13 nitrogen and oxygen atoms in total. The van der Waals surface area contributed by atoms with Crippen LogP contribution >= 0.6 is 0 Å². The fourth-order valence-corrected chi connectivity index (χ4v) is 3.27. The van der Waals surface area contributed by atoms with Gasteiger partial charge in [0, 0.05) is 0 Å². The summed E-state index contributed by atoms with van der Waals surface area (Å²) >= 11 is 0. The minimum absolute atomic E-state index is 0.191. The molecule has 35 heavy (non-hydrogen) atoms. The lowest BCUT2D eigenvalue weighted by Gasteiger charge is -2.26. The van der Waals surface area contributed by atoms with Crippen molar-refractivity contribution in [1.82, 2.24) is 16.0 Å². The maximum atomic E-state index is 13.0. The zero-order valence-electron chi connectivity index (χ0n) is 20.6. The molecule has 202 valence electrons. The molecule has 0 aliphatic heterocycles. The third-order valence-electron chi connectivity index (χ3n) is 5.67. The molecule has 0 aromatic heterocycles. The quantitative estimate of drug-likeness (QED) is 0.0963. The Bertz CT molecular complexity index is 706. The molecule has 13 heteroatoms. The second-order valence-corrected chi connectivity index (χ2v) is 8.61. The van der Waals surface area contributed by atoms with Crippen LogP contribution in [-0.4, -0.2) is 77.1 Å². The highest BCUT2D eigenvalue weighted by Gasteiger charge is 2.32. The average molecular weight is 503 g/mol. The summed E-state index contributed by atoms with van der Waals surface area (Å²) in [4.78, 5) is 61.0. The van der Waals surface area contributed by atoms with Crippen molar-refractivity contribution in [3.05, 3.63) is 0 Å². The van der Waals surface area contributed by atoms with Crippen molar-refractivity contribution in [2.45, 2.75) is 89.4 Å². The molecular weight excluding hydrogens is 460 g/mol. The van der Waals surface area contributed by atoms with Crippen LogP contribution in [0.25, 0.3) is 0 Å². The average Bonchev–Trinajstić information content (AvgIpc) is 2.80. The molecule has 0 saturated carbocycles. The largest absolute Gasteiger partial charge is 0.481 e. The first kappa shape index (κ1) is 32.2. The predicted molar refractivity (Wildman–Crippen MR) is 129 cm³/mol. The second-order valence-electron chi connectivity index (χ2n) is 8.61. The second kappa shape index (κ2) is 17.6. The van der Waals surface area contributed by atoms with Gasteiger partial charge in [-0.25, -0.2) is 4.79 Å². The van der Waals surface area contributed by atoms with Gasteiger partial charge in [-0.1, -0.05) is 26.7 Å². The Kier molecular flexibility index (Phi) is 16.2. The summed E-state index contributed by atoms with van der Waals surface area (Å²) in [6.07, 6.45) is 2.64. The summed E-state index contributed by atoms with van der Waals surface area (Å²) < 4.78 is 0. The van der Waals surface area contributed by atoms with Gasteiger partial charge >= 0.3 is 11.9 Å². The van der Waals surface area contributed by atoms with Crippen LogP contribution < -0.4 is 33.2 Å². The number of carbonyl (C=O) groups excluding carboxylic acids is 3. The van der Waals surface area contributed by atoms with Crippen LogP contribution in [0.3, 0.4) is 0 Å². The number of amides is 3. The topological polar surface area (TPSA) is 240 Å². The minimum Gasteiger partial charge on any atom is -0.481 e. The van der Waals surface area contributed by atoms with Crippen molar-refractivity contribution in [3.8, 4) is 0 Å².